The molecule has 0 unspecified atom stereocenters. The maximum atomic E-state index is 11.5. The molecular weight excluding hydrogens is 666 g/mol. The predicted octanol–water partition coefficient (Wildman–Crippen LogP) is 7.45. The third-order valence-electron chi connectivity index (χ3n) is 5.24. The molecule has 1 aromatic carbocycles. The van der Waals surface area contributed by atoms with Gasteiger partial charge >= 0.3 is 126 Å². The van der Waals surface area contributed by atoms with Crippen LogP contribution in [0.3, 0.4) is 0 Å². The van der Waals surface area contributed by atoms with Crippen LogP contribution in [0.4, 0.5) is 0 Å². The molecule has 2 aromatic heterocycles. The minimum absolute atomic E-state index is 0. The first-order valence-corrected chi connectivity index (χ1v) is 13.2. The fourth-order valence-electron chi connectivity index (χ4n) is 2.84. The van der Waals surface area contributed by atoms with Crippen molar-refractivity contribution in [3.63, 3.8) is 0 Å². The summed E-state index contributed by atoms with van der Waals surface area (Å²) in [6.45, 7) is 20.0. The Kier molecular flexibility index (Phi) is 10.3. The van der Waals surface area contributed by atoms with Gasteiger partial charge in [-0.15, -0.1) is 0 Å². The molecule has 0 fully saturated rings. The van der Waals surface area contributed by atoms with Gasteiger partial charge in [-0.2, -0.15) is 0 Å². The van der Waals surface area contributed by atoms with Crippen LogP contribution in [0.25, 0.3) is 21.0 Å². The molecule has 5 heteroatoms. The minimum Gasteiger partial charge on any atom is 0 e. The van der Waals surface area contributed by atoms with Gasteiger partial charge in [-0.1, -0.05) is 41.5 Å². The van der Waals surface area contributed by atoms with Gasteiger partial charge in [0.15, 0.2) is 5.78 Å². The Morgan fingerprint density at radius 2 is 1.59 bits per heavy atom. The van der Waals surface area contributed by atoms with Crippen LogP contribution in [-0.4, -0.2) is 30.4 Å². The normalized spacial score (nSPS) is 12.6. The van der Waals surface area contributed by atoms with Gasteiger partial charge < -0.3 is 5.11 Å². The first-order chi connectivity index (χ1) is 15.0. The van der Waals surface area contributed by atoms with E-state index in [-0.39, 0.29) is 42.5 Å². The van der Waals surface area contributed by atoms with Gasteiger partial charge in [0, 0.05) is 37.0 Å². The number of ketones is 1. The summed E-state index contributed by atoms with van der Waals surface area (Å²) in [4.78, 5) is 18.5. The van der Waals surface area contributed by atoms with E-state index in [0.717, 1.165) is 11.3 Å². The van der Waals surface area contributed by atoms with Crippen LogP contribution in [0.1, 0.15) is 73.4 Å². The smallest absolute Gasteiger partial charge is 0 e. The fraction of sp³-hybridized carbons (Fsp3) is 0.448. The topological polar surface area (TPSA) is 50.2 Å². The van der Waals surface area contributed by atoms with Crippen LogP contribution in [0.2, 0.25) is 0 Å². The number of nitrogens with zero attached hydrogens (tertiary/aromatic N) is 1. The standard InChI is InChI=1S/C18H18NSe.C11H20O2.Ir/c1-12-9-14(11-15(10-12)18(2,3)4)16-6-5-13-7-8-20-17(13)19-16;1-10(2,3)8(12)7-9(13)11(4,5)6;/h5-8,10-11H,1-4H3;7,12H,1-6H3;/q-1;;/b;8-7-;. The van der Waals surface area contributed by atoms with E-state index in [2.05, 4.69) is 69.0 Å². The molecule has 187 valence electrons. The van der Waals surface area contributed by atoms with E-state index in [0.29, 0.717) is 14.5 Å². The van der Waals surface area contributed by atoms with Crippen molar-refractivity contribution in [1.29, 1.82) is 0 Å². The van der Waals surface area contributed by atoms with Gasteiger partial charge in [0.1, 0.15) is 5.76 Å². The first-order valence-electron chi connectivity index (χ1n) is 11.3. The summed E-state index contributed by atoms with van der Waals surface area (Å²) in [6.07, 6.45) is 1.33. The second-order valence-corrected chi connectivity index (χ2v) is 13.5. The molecule has 1 N–H and O–H groups in total. The molecule has 0 atom stereocenters. The number of aliphatic hydroxyl groups excluding tert-OH is 1. The molecule has 0 spiro atoms. The van der Waals surface area contributed by atoms with E-state index in [4.69, 9.17) is 4.98 Å². The Morgan fingerprint density at radius 1 is 0.971 bits per heavy atom. The van der Waals surface area contributed by atoms with Crippen molar-refractivity contribution in [3.8, 4) is 11.3 Å². The number of aliphatic hydroxyl groups is 1. The fourth-order valence-corrected chi connectivity index (χ4v) is 4.45. The molecule has 0 aliphatic heterocycles. The number of fused-ring (bicyclic) bond motifs is 1. The van der Waals surface area contributed by atoms with Crippen molar-refractivity contribution < 1.29 is 30.0 Å². The first kappa shape index (κ1) is 30.5. The maximum absolute atomic E-state index is 11.5. The van der Waals surface area contributed by atoms with Crippen LogP contribution in [0, 0.1) is 23.8 Å². The Balaban J connectivity index is 0.000000364. The second kappa shape index (κ2) is 11.5. The van der Waals surface area contributed by atoms with E-state index >= 15 is 0 Å². The molecule has 0 saturated carbocycles. The number of allylic oxidation sites excluding steroid dienone is 2. The number of carbonyl (C=O) groups is 1. The molecule has 3 nitrogen and oxygen atoms in total. The Labute approximate surface area is 225 Å². The molecule has 0 bridgehead atoms. The Bertz CT molecular complexity index is 1160. The van der Waals surface area contributed by atoms with Crippen molar-refractivity contribution in [2.75, 3.05) is 0 Å². The molecule has 0 amide bonds. The van der Waals surface area contributed by atoms with Gasteiger partial charge in [-0.3, -0.25) is 4.79 Å². The molecule has 0 aliphatic carbocycles. The van der Waals surface area contributed by atoms with Crippen LogP contribution in [0.5, 0.6) is 0 Å². The summed E-state index contributed by atoms with van der Waals surface area (Å²) in [5, 5.41) is 10.8. The zero-order chi connectivity index (χ0) is 25.2. The molecule has 2 heterocycles. The number of aromatic nitrogens is 1. The third kappa shape index (κ3) is 8.61. The average Bonchev–Trinajstić information content (AvgIpc) is 3.13. The number of hydrogen-bond acceptors (Lipinski definition) is 3. The molecule has 3 aromatic rings. The number of rotatable bonds is 2. The molecular formula is C29H38IrNO2Se-. The predicted molar refractivity (Wildman–Crippen MR) is 141 cm³/mol. The van der Waals surface area contributed by atoms with E-state index in [1.54, 1.807) is 0 Å². The van der Waals surface area contributed by atoms with Gasteiger partial charge in [0.05, 0.1) is 0 Å². The number of pyridine rings is 1. The van der Waals surface area contributed by atoms with Crippen LogP contribution in [-0.2, 0) is 30.3 Å². The van der Waals surface area contributed by atoms with Crippen molar-refractivity contribution >= 4 is 30.1 Å². The van der Waals surface area contributed by atoms with Gasteiger partial charge in [0.2, 0.25) is 0 Å². The third-order valence-corrected chi connectivity index (χ3v) is 6.96. The van der Waals surface area contributed by atoms with Gasteiger partial charge in [-0.25, -0.2) is 0 Å². The second-order valence-electron chi connectivity index (χ2n) is 11.6. The quantitative estimate of drug-likeness (QED) is 0.131. The van der Waals surface area contributed by atoms with Crippen molar-refractivity contribution in [2.45, 2.75) is 74.7 Å². The summed E-state index contributed by atoms with van der Waals surface area (Å²) in [5.41, 5.74) is 4.06. The number of aryl methyl sites for hydroxylation is 1. The van der Waals surface area contributed by atoms with E-state index in [9.17, 15) is 9.90 Å². The zero-order valence-electron chi connectivity index (χ0n) is 22.1. The van der Waals surface area contributed by atoms with E-state index < -0.39 is 5.41 Å². The number of benzene rings is 1. The SMILES string of the molecule is CC(C)(C)C(=O)/C=C(\O)C(C)(C)C.Cc1[c-]c(-c2ccc3cc[se]c3n2)cc(C(C)(C)C)c1.[Ir]. The van der Waals surface area contributed by atoms with Gasteiger partial charge in [0.25, 0.3) is 0 Å². The van der Waals surface area contributed by atoms with Crippen molar-refractivity contribution in [3.05, 3.63) is 64.3 Å². The number of hydrogen-bond donors (Lipinski definition) is 1. The Hall–Kier alpha value is -1.51. The molecule has 0 aliphatic rings. The van der Waals surface area contributed by atoms with E-state index in [1.165, 1.54) is 27.0 Å². The summed E-state index contributed by atoms with van der Waals surface area (Å²) in [6, 6.07) is 14.4. The van der Waals surface area contributed by atoms with Crippen LogP contribution >= 0.6 is 0 Å². The zero-order valence-corrected chi connectivity index (χ0v) is 26.2. The monoisotopic (exact) mass is 705 g/mol. The van der Waals surface area contributed by atoms with Crippen molar-refractivity contribution in [1.82, 2.24) is 4.98 Å². The van der Waals surface area contributed by atoms with Crippen LogP contribution < -0.4 is 0 Å². The largest absolute Gasteiger partial charge is 0 e. The summed E-state index contributed by atoms with van der Waals surface area (Å²) in [5.74, 6) is 0.104. The summed E-state index contributed by atoms with van der Waals surface area (Å²) >= 11 is 0.391. The maximum Gasteiger partial charge on any atom is 0 e. The van der Waals surface area contributed by atoms with E-state index in [1.807, 2.05) is 41.5 Å². The molecule has 3 rings (SSSR count). The number of carbonyl (C=O) groups excluding carboxylic acids is 1. The summed E-state index contributed by atoms with van der Waals surface area (Å²) in [7, 11) is 0. The summed E-state index contributed by atoms with van der Waals surface area (Å²) < 4.78 is 1.24. The Morgan fingerprint density at radius 3 is 2.12 bits per heavy atom. The minimum atomic E-state index is -0.417. The molecule has 0 saturated heterocycles. The van der Waals surface area contributed by atoms with Gasteiger partial charge in [-0.05, 0) is 0 Å². The molecule has 1 radical (unpaired) electrons. The van der Waals surface area contributed by atoms with Crippen LogP contribution in [0.15, 0.2) is 47.1 Å². The van der Waals surface area contributed by atoms with Crippen molar-refractivity contribution in [2.24, 2.45) is 10.8 Å². The average molecular weight is 704 g/mol. The molecule has 34 heavy (non-hydrogen) atoms.